The van der Waals surface area contributed by atoms with Crippen LogP contribution in [0.1, 0.15) is 26.3 Å². The van der Waals surface area contributed by atoms with E-state index in [1.165, 1.54) is 0 Å². The Morgan fingerprint density at radius 2 is 2.50 bits per heavy atom. The van der Waals surface area contributed by atoms with E-state index in [0.717, 1.165) is 0 Å². The maximum Gasteiger partial charge on any atom is 0.141 e. The van der Waals surface area contributed by atoms with Gasteiger partial charge in [0, 0.05) is 18.7 Å². The summed E-state index contributed by atoms with van der Waals surface area (Å²) in [4.78, 5) is 14.6. The van der Waals surface area contributed by atoms with Crippen molar-refractivity contribution in [1.82, 2.24) is 9.55 Å². The van der Waals surface area contributed by atoms with Crippen LogP contribution in [0.5, 0.6) is 0 Å². The summed E-state index contributed by atoms with van der Waals surface area (Å²) in [5.41, 5.74) is 5.43. The molecule has 0 radical (unpaired) electrons. The molecule has 0 aliphatic rings. The van der Waals surface area contributed by atoms with Crippen LogP contribution in [0.2, 0.25) is 0 Å². The predicted octanol–water partition coefficient (Wildman–Crippen LogP) is 1.01. The number of carbonyl (C=O) groups is 1. The smallest absolute Gasteiger partial charge is 0.141 e. The fourth-order valence-corrected chi connectivity index (χ4v) is 1.12. The molecule has 1 heterocycles. The highest BCUT2D eigenvalue weighted by Gasteiger charge is 2.06. The van der Waals surface area contributed by atoms with Crippen LogP contribution in [0.25, 0.3) is 0 Å². The molecule has 4 nitrogen and oxygen atoms in total. The molecule has 12 heavy (non-hydrogen) atoms. The van der Waals surface area contributed by atoms with Crippen LogP contribution in [0.15, 0.2) is 12.5 Å². The number of Topliss-reactive ketones (excluding diaryl/α,β-unsaturated/α-hetero) is 1. The summed E-state index contributed by atoms with van der Waals surface area (Å²) < 4.78 is 1.84. The van der Waals surface area contributed by atoms with Crippen molar-refractivity contribution < 1.29 is 4.79 Å². The van der Waals surface area contributed by atoms with Gasteiger partial charge in [0.2, 0.25) is 0 Å². The fraction of sp³-hybridized carbons (Fsp3) is 0.500. The van der Waals surface area contributed by atoms with Gasteiger partial charge in [0.1, 0.15) is 11.6 Å². The average Bonchev–Trinajstić information content (AvgIpc) is 2.34. The van der Waals surface area contributed by atoms with E-state index < -0.39 is 0 Å². The lowest BCUT2D eigenvalue weighted by Crippen LogP contribution is -2.06. The second-order valence-electron chi connectivity index (χ2n) is 3.00. The lowest BCUT2D eigenvalue weighted by molar-refractivity contribution is -0.117. The molecule has 0 aromatic carbocycles. The zero-order valence-electron chi connectivity index (χ0n) is 7.32. The Kier molecular flexibility index (Phi) is 2.47. The highest BCUT2D eigenvalue weighted by Crippen LogP contribution is 2.11. The fourth-order valence-electron chi connectivity index (χ4n) is 1.12. The first-order valence-corrected chi connectivity index (χ1v) is 3.88. The van der Waals surface area contributed by atoms with Crippen LogP contribution in [-0.4, -0.2) is 15.3 Å². The van der Waals surface area contributed by atoms with E-state index >= 15 is 0 Å². The number of hydrogen-bond acceptors (Lipinski definition) is 3. The van der Waals surface area contributed by atoms with Gasteiger partial charge in [-0.15, -0.1) is 0 Å². The number of nitrogens with two attached hydrogens (primary N) is 1. The summed E-state index contributed by atoms with van der Waals surface area (Å²) in [5.74, 6) is 0.667. The normalized spacial score (nSPS) is 12.8. The third-order valence-electron chi connectivity index (χ3n) is 1.71. The van der Waals surface area contributed by atoms with Gasteiger partial charge in [-0.05, 0) is 13.8 Å². The third kappa shape index (κ3) is 2.08. The van der Waals surface area contributed by atoms with Gasteiger partial charge in [0.05, 0.1) is 6.33 Å². The van der Waals surface area contributed by atoms with E-state index in [9.17, 15) is 4.79 Å². The number of nitrogens with zero attached hydrogens (tertiary/aromatic N) is 2. The first kappa shape index (κ1) is 8.77. The van der Waals surface area contributed by atoms with Gasteiger partial charge in [0.15, 0.2) is 0 Å². The molecule has 0 fully saturated rings. The topological polar surface area (TPSA) is 60.9 Å². The van der Waals surface area contributed by atoms with E-state index in [1.807, 2.05) is 11.5 Å². The molecule has 0 bridgehead atoms. The number of anilines is 1. The molecule has 0 aliphatic heterocycles. The molecule has 0 aliphatic carbocycles. The van der Waals surface area contributed by atoms with E-state index in [0.29, 0.717) is 12.2 Å². The summed E-state index contributed by atoms with van der Waals surface area (Å²) in [6.45, 7) is 3.54. The Morgan fingerprint density at radius 3 is 2.92 bits per heavy atom. The molecule has 2 N–H and O–H groups in total. The van der Waals surface area contributed by atoms with Gasteiger partial charge >= 0.3 is 0 Å². The number of imidazole rings is 1. The molecule has 4 heteroatoms. The lowest BCUT2D eigenvalue weighted by atomic mass is 10.2. The maximum atomic E-state index is 10.8. The van der Waals surface area contributed by atoms with Crippen molar-refractivity contribution in [2.24, 2.45) is 0 Å². The molecule has 1 rings (SSSR count). The summed E-state index contributed by atoms with van der Waals surface area (Å²) in [7, 11) is 0. The van der Waals surface area contributed by atoms with Gasteiger partial charge in [-0.3, -0.25) is 4.79 Å². The molecular weight excluding hydrogens is 154 g/mol. The Morgan fingerprint density at radius 1 is 1.83 bits per heavy atom. The molecule has 0 saturated heterocycles. The largest absolute Gasteiger partial charge is 0.382 e. The molecule has 0 spiro atoms. The SMILES string of the molecule is CC(=O)CC(C)n1cnc(N)c1. The van der Waals surface area contributed by atoms with Gasteiger partial charge in [-0.1, -0.05) is 0 Å². The van der Waals surface area contributed by atoms with E-state index in [1.54, 1.807) is 19.4 Å². The van der Waals surface area contributed by atoms with Crippen molar-refractivity contribution in [3.8, 4) is 0 Å². The van der Waals surface area contributed by atoms with E-state index in [2.05, 4.69) is 4.98 Å². The van der Waals surface area contributed by atoms with Crippen molar-refractivity contribution in [3.05, 3.63) is 12.5 Å². The van der Waals surface area contributed by atoms with Crippen LogP contribution in [0.3, 0.4) is 0 Å². The van der Waals surface area contributed by atoms with Crippen LogP contribution in [0, 0.1) is 0 Å². The van der Waals surface area contributed by atoms with Crippen molar-refractivity contribution in [2.45, 2.75) is 26.3 Å². The Bertz CT molecular complexity index is 280. The number of ketones is 1. The van der Waals surface area contributed by atoms with Gasteiger partial charge in [0.25, 0.3) is 0 Å². The van der Waals surface area contributed by atoms with Crippen molar-refractivity contribution in [1.29, 1.82) is 0 Å². The quantitative estimate of drug-likeness (QED) is 0.730. The molecule has 1 aromatic rings. The molecule has 1 unspecified atom stereocenters. The van der Waals surface area contributed by atoms with Crippen LogP contribution < -0.4 is 5.73 Å². The highest BCUT2D eigenvalue weighted by atomic mass is 16.1. The molecular formula is C8H13N3O. The van der Waals surface area contributed by atoms with Crippen molar-refractivity contribution in [2.75, 3.05) is 5.73 Å². The third-order valence-corrected chi connectivity index (χ3v) is 1.71. The molecule has 1 atom stereocenters. The Hall–Kier alpha value is -1.32. The van der Waals surface area contributed by atoms with Gasteiger partial charge in [-0.2, -0.15) is 0 Å². The minimum atomic E-state index is 0.146. The average molecular weight is 167 g/mol. The molecule has 0 amide bonds. The van der Waals surface area contributed by atoms with Crippen LogP contribution in [-0.2, 0) is 4.79 Å². The lowest BCUT2D eigenvalue weighted by Gasteiger charge is -2.09. The van der Waals surface area contributed by atoms with Gasteiger partial charge in [-0.25, -0.2) is 4.98 Å². The standard InChI is InChI=1S/C8H13N3O/c1-6(3-7(2)12)11-4-8(9)10-5-11/h4-6H,3,9H2,1-2H3. The first-order valence-electron chi connectivity index (χ1n) is 3.88. The monoisotopic (exact) mass is 167 g/mol. The Balaban J connectivity index is 2.64. The maximum absolute atomic E-state index is 10.8. The van der Waals surface area contributed by atoms with E-state index in [4.69, 9.17) is 5.73 Å². The van der Waals surface area contributed by atoms with E-state index in [-0.39, 0.29) is 11.8 Å². The summed E-state index contributed by atoms with van der Waals surface area (Å²) >= 11 is 0. The number of rotatable bonds is 3. The highest BCUT2D eigenvalue weighted by molar-refractivity contribution is 5.75. The minimum Gasteiger partial charge on any atom is -0.382 e. The summed E-state index contributed by atoms with van der Waals surface area (Å²) in [5, 5.41) is 0. The van der Waals surface area contributed by atoms with Crippen LogP contribution in [0.4, 0.5) is 5.82 Å². The summed E-state index contributed by atoms with van der Waals surface area (Å²) in [6, 6.07) is 0.146. The number of nitrogen functional groups attached to an aromatic ring is 1. The Labute approximate surface area is 71.4 Å². The zero-order valence-corrected chi connectivity index (χ0v) is 7.32. The first-order chi connectivity index (χ1) is 5.59. The zero-order chi connectivity index (χ0) is 9.14. The second-order valence-corrected chi connectivity index (χ2v) is 3.00. The number of aromatic nitrogens is 2. The van der Waals surface area contributed by atoms with Crippen molar-refractivity contribution in [3.63, 3.8) is 0 Å². The second kappa shape index (κ2) is 3.38. The molecule has 66 valence electrons. The minimum absolute atomic E-state index is 0.146. The van der Waals surface area contributed by atoms with Crippen molar-refractivity contribution >= 4 is 11.6 Å². The van der Waals surface area contributed by atoms with Crippen LogP contribution >= 0.6 is 0 Å². The molecule has 0 saturated carbocycles. The predicted molar refractivity (Wildman–Crippen MR) is 46.6 cm³/mol. The molecule has 1 aromatic heterocycles. The summed E-state index contributed by atoms with van der Waals surface area (Å²) in [6.07, 6.45) is 3.90. The number of hydrogen-bond donors (Lipinski definition) is 1. The van der Waals surface area contributed by atoms with Gasteiger partial charge < -0.3 is 10.3 Å². The number of carbonyl (C=O) groups excluding carboxylic acids is 1.